The molecule has 27 nitrogen and oxygen atoms in total. The fraction of sp³-hybridized carbons (Fsp3) is 0.387. The maximum atomic E-state index is 13.2. The summed E-state index contributed by atoms with van der Waals surface area (Å²) in [6, 6.07) is 32.9. The summed E-state index contributed by atoms with van der Waals surface area (Å²) in [5, 5.41) is 48.3. The topological polar surface area (TPSA) is 310 Å². The van der Waals surface area contributed by atoms with Crippen LogP contribution in [0.5, 0.6) is 34.5 Å². The van der Waals surface area contributed by atoms with Crippen LogP contribution in [0.3, 0.4) is 0 Å². The van der Waals surface area contributed by atoms with E-state index in [9.17, 15) is 57.3 Å². The average Bonchev–Trinajstić information content (AvgIpc) is 1.34. The zero-order valence-electron chi connectivity index (χ0n) is 73.0. The summed E-state index contributed by atoms with van der Waals surface area (Å²) in [7, 11) is 13.4. The fourth-order valence-electron chi connectivity index (χ4n) is 15.2. The van der Waals surface area contributed by atoms with Crippen LogP contribution < -0.4 is 75.5 Å². The maximum absolute atomic E-state index is 13.2. The number of nitrogens with one attached hydrogen (secondary N) is 6. The first-order valence-corrected chi connectivity index (χ1v) is 44.6. The number of aromatic hydroxyl groups is 3. The van der Waals surface area contributed by atoms with Gasteiger partial charge < -0.3 is 105 Å². The summed E-state index contributed by atoms with van der Waals surface area (Å²) < 4.78 is 73.2. The third-order valence-electron chi connectivity index (χ3n) is 22.2. The molecule has 684 valence electrons. The number of hydrogen-bond acceptors (Lipinski definition) is 18. The van der Waals surface area contributed by atoms with Gasteiger partial charge in [-0.1, -0.05) is 11.6 Å². The van der Waals surface area contributed by atoms with Gasteiger partial charge in [-0.2, -0.15) is 0 Å². The zero-order valence-corrected chi connectivity index (χ0v) is 77.8. The minimum absolute atomic E-state index is 0.000224. The Bertz CT molecular complexity index is 5150. The van der Waals surface area contributed by atoms with Crippen LogP contribution in [-0.2, 0) is 81.5 Å². The predicted octanol–water partition coefficient (Wildman–Crippen LogP) is 17.7. The smallest absolute Gasteiger partial charge is 0.227 e. The first-order chi connectivity index (χ1) is 61.3. The van der Waals surface area contributed by atoms with Crippen molar-refractivity contribution in [3.05, 3.63) is 182 Å². The first kappa shape index (κ1) is 99.1. The average molecular weight is 1900 g/mol. The molecule has 1 unspecified atom stereocenters. The summed E-state index contributed by atoms with van der Waals surface area (Å²) in [6.07, 6.45) is 15.6. The van der Waals surface area contributed by atoms with Crippen molar-refractivity contribution in [1.82, 2.24) is 5.32 Å². The van der Waals surface area contributed by atoms with E-state index in [1.807, 2.05) is 49.4 Å². The number of fused-ring (bicyclic) bond motifs is 6. The van der Waals surface area contributed by atoms with Crippen LogP contribution in [0.2, 0.25) is 5.02 Å². The van der Waals surface area contributed by atoms with Crippen LogP contribution in [0.4, 0.5) is 75.7 Å². The van der Waals surface area contributed by atoms with Gasteiger partial charge in [-0.3, -0.25) is 28.8 Å². The van der Waals surface area contributed by atoms with Crippen LogP contribution in [0.25, 0.3) is 0 Å². The van der Waals surface area contributed by atoms with E-state index in [1.165, 1.54) is 41.3 Å². The van der Waals surface area contributed by atoms with Crippen LogP contribution in [0.15, 0.2) is 126 Å². The third-order valence-corrected chi connectivity index (χ3v) is 23.8. The fourth-order valence-corrected chi connectivity index (χ4v) is 16.4. The second-order valence-corrected chi connectivity index (χ2v) is 33.4. The lowest BCUT2D eigenvalue weighted by molar-refractivity contribution is -0.161. The van der Waals surface area contributed by atoms with Crippen LogP contribution in [0, 0.1) is 17.5 Å². The third kappa shape index (κ3) is 27.2. The number of anilines is 11. The molecule has 0 bridgehead atoms. The number of nitrogens with zero attached hydrogens (tertiary/aromatic N) is 6. The molecule has 8 aromatic carbocycles. The number of rotatable bonds is 15. The molecule has 8 aromatic rings. The molecule has 0 spiro atoms. The number of carbonyl (C=O) groups excluding carboxylic acids is 6. The SMILES string of the molecule is CCOCNC(=S)Nc1cc2c(cc1OC)N(C)C(=O)CCC2.CN1C(=O)CCCc2cc(Br)c(O)cc21.CN1C(=O)CCCc2cc(Cl)c(O)cc21.CN1C(=O)CCCc2cc(F)c(O)cc21.COc1cc2c(cc1NC(=S)Nc1ccc(F)cc1)CCCC(=O)N2C.COc1cc2c(cc1NC(=S)Nc1ccc(F)cc1)CCCC(=O)N2CCOC1CCCCO1. The molecule has 7 aliphatic heterocycles. The second-order valence-electron chi connectivity index (χ2n) is 30.9. The molecule has 6 amide bonds. The number of ether oxygens (including phenoxy) is 6. The van der Waals surface area contributed by atoms with Gasteiger partial charge in [-0.25, -0.2) is 13.2 Å². The number of halogens is 5. The molecule has 1 atom stereocenters. The van der Waals surface area contributed by atoms with E-state index < -0.39 is 11.6 Å². The van der Waals surface area contributed by atoms with Gasteiger partial charge in [0.25, 0.3) is 0 Å². The first-order valence-electron chi connectivity index (χ1n) is 42.2. The summed E-state index contributed by atoms with van der Waals surface area (Å²) in [5.74, 6) is 0.833. The van der Waals surface area contributed by atoms with E-state index in [0.717, 1.165) is 164 Å². The maximum Gasteiger partial charge on any atom is 0.227 e. The molecule has 128 heavy (non-hydrogen) atoms. The molecule has 9 N–H and O–H groups in total. The quantitative estimate of drug-likeness (QED) is 0.0262. The number of hydrogen-bond donors (Lipinski definition) is 9. The second kappa shape index (κ2) is 47.8. The monoisotopic (exact) mass is 1900 g/mol. The number of methoxy groups -OCH3 is 3. The Hall–Kier alpha value is -11.1. The number of benzene rings is 8. The van der Waals surface area contributed by atoms with Gasteiger partial charge in [-0.15, -0.1) is 0 Å². The molecular formula is C93H109BrClF3N12O15S3. The van der Waals surface area contributed by atoms with Crippen LogP contribution in [0.1, 0.15) is 137 Å². The summed E-state index contributed by atoms with van der Waals surface area (Å²) >= 11 is 25.2. The Morgan fingerprint density at radius 1 is 0.445 bits per heavy atom. The molecular weight excluding hydrogens is 1790 g/mol. The standard InChI is InChI=1S/C25H30FN3O4S.C19H20FN3O2S.C16H23N3O3S.C11H12BrNO2.C11H12ClNO2.C11H12FNO2/c1-31-22-16-21-17(15-20(22)28-25(34)27-19-10-8-18(26)9-11-19)5-4-6-23(30)29(21)12-14-33-24-7-2-3-13-32-24;1-23-16-11-17(25-2)15(10-12(16)4-3-5-18(23)24)22-19(26)21-14-8-6-13(20)7-9-14;1-4-22-10-17-16(23)18-12-8-11-6-5-7-15(20)19(2)13(11)9-14(12)21-3;3*1-13-9-6-10(14)8(12)5-7(9)3-2-4-11(13)15/h8-11,15-16,24H,2-7,12-14H2,1H3,(H2,27,28,34);6-11H,3-5H2,1-2H3,(H2,21,22,26);8-9H,4-7,10H2,1-3H3,(H2,17,18,23);3*5-6,14H,2-4H2,1H3. The molecule has 0 aromatic heterocycles. The van der Waals surface area contributed by atoms with Crippen molar-refractivity contribution in [3.63, 3.8) is 0 Å². The van der Waals surface area contributed by atoms with Gasteiger partial charge in [-0.05, 0) is 274 Å². The van der Waals surface area contributed by atoms with Crippen LogP contribution in [-0.4, -0.2) is 162 Å². The molecule has 7 heterocycles. The summed E-state index contributed by atoms with van der Waals surface area (Å²) in [4.78, 5) is 81.5. The number of phenolic OH excluding ortho intramolecular Hbond substituents is 3. The number of thiocarbonyl (C=S) groups is 3. The Morgan fingerprint density at radius 3 is 1.21 bits per heavy atom. The lowest BCUT2D eigenvalue weighted by atomic mass is 10.1. The molecule has 15 rings (SSSR count). The zero-order chi connectivity index (χ0) is 92.4. The Balaban J connectivity index is 0.000000165. The highest BCUT2D eigenvalue weighted by atomic mass is 79.9. The van der Waals surface area contributed by atoms with Gasteiger partial charge in [0.15, 0.2) is 33.2 Å². The highest BCUT2D eigenvalue weighted by molar-refractivity contribution is 9.10. The van der Waals surface area contributed by atoms with Crippen molar-refractivity contribution in [2.24, 2.45) is 0 Å². The van der Waals surface area contributed by atoms with Crippen molar-refractivity contribution < 1.29 is 85.7 Å². The van der Waals surface area contributed by atoms with Gasteiger partial charge in [0.2, 0.25) is 35.4 Å². The van der Waals surface area contributed by atoms with Crippen molar-refractivity contribution >= 4 is 178 Å². The van der Waals surface area contributed by atoms with Crippen molar-refractivity contribution in [3.8, 4) is 34.5 Å². The van der Waals surface area contributed by atoms with Crippen LogP contribution >= 0.6 is 64.2 Å². The van der Waals surface area contributed by atoms with Crippen molar-refractivity contribution in [2.45, 2.75) is 148 Å². The highest BCUT2D eigenvalue weighted by Crippen LogP contribution is 2.42. The van der Waals surface area contributed by atoms with E-state index in [-0.39, 0.29) is 64.9 Å². The lowest BCUT2D eigenvalue weighted by Gasteiger charge is -2.27. The molecule has 1 saturated heterocycles. The van der Waals surface area contributed by atoms with Gasteiger partial charge in [0.1, 0.15) is 47.1 Å². The molecule has 0 saturated carbocycles. The van der Waals surface area contributed by atoms with Gasteiger partial charge in [0.05, 0.1) is 88.6 Å². The van der Waals surface area contributed by atoms with Crippen molar-refractivity contribution in [1.29, 1.82) is 0 Å². The van der Waals surface area contributed by atoms with E-state index in [2.05, 4.69) is 47.8 Å². The normalized spacial score (nSPS) is 15.8. The number of aryl methyl sites for hydroxylation is 6. The predicted molar refractivity (Wildman–Crippen MR) is 511 cm³/mol. The Morgan fingerprint density at radius 2 is 0.805 bits per heavy atom. The number of carbonyl (C=O) groups is 6. The molecule has 7 aliphatic rings. The van der Waals surface area contributed by atoms with E-state index in [0.29, 0.717) is 142 Å². The minimum Gasteiger partial charge on any atom is -0.507 e. The van der Waals surface area contributed by atoms with Crippen molar-refractivity contribution in [2.75, 3.05) is 146 Å². The Labute approximate surface area is 773 Å². The van der Waals surface area contributed by atoms with E-state index >= 15 is 0 Å². The lowest BCUT2D eigenvalue weighted by Crippen LogP contribution is -2.35. The van der Waals surface area contributed by atoms with E-state index in [1.54, 1.807) is 124 Å². The number of amides is 6. The number of phenols is 3. The molecule has 0 aliphatic carbocycles. The molecule has 0 radical (unpaired) electrons. The van der Waals surface area contributed by atoms with Gasteiger partial charge in [0, 0.05) is 141 Å². The van der Waals surface area contributed by atoms with Gasteiger partial charge >= 0.3 is 0 Å². The molecule has 35 heteroatoms. The largest absolute Gasteiger partial charge is 0.507 e. The Kier molecular flexibility index (Phi) is 37.0. The minimum atomic E-state index is -0.628. The van der Waals surface area contributed by atoms with E-state index in [4.69, 9.17) is 76.7 Å². The molecule has 1 fully saturated rings. The highest BCUT2D eigenvalue weighted by Gasteiger charge is 2.30. The summed E-state index contributed by atoms with van der Waals surface area (Å²) in [5.41, 5.74) is 14.4. The summed E-state index contributed by atoms with van der Waals surface area (Å²) in [6.45, 7) is 4.48.